The average molecular weight is 589 g/mol. The van der Waals surface area contributed by atoms with E-state index in [0.717, 1.165) is 53.3 Å². The van der Waals surface area contributed by atoms with Gasteiger partial charge >= 0.3 is 5.97 Å². The Morgan fingerprint density at radius 3 is 2.33 bits per heavy atom. The topological polar surface area (TPSA) is 106 Å². The van der Waals surface area contributed by atoms with E-state index in [0.29, 0.717) is 55.8 Å². The molecule has 0 atom stereocenters. The minimum absolute atomic E-state index is 0.0843. The second-order valence-electron chi connectivity index (χ2n) is 12.3. The first-order valence-electron chi connectivity index (χ1n) is 15.4. The number of amides is 1. The molecule has 3 fully saturated rings. The van der Waals surface area contributed by atoms with Crippen LogP contribution in [0.3, 0.4) is 0 Å². The average Bonchev–Trinajstić information content (AvgIpc) is 3.75. The Labute approximate surface area is 251 Å². The van der Waals surface area contributed by atoms with Crippen molar-refractivity contribution in [2.24, 2.45) is 17.8 Å². The smallest absolute Gasteiger partial charge is 0.306 e. The van der Waals surface area contributed by atoms with Crippen molar-refractivity contribution in [3.05, 3.63) is 53.1 Å². The molecule has 9 heteroatoms. The van der Waals surface area contributed by atoms with E-state index < -0.39 is 5.97 Å². The van der Waals surface area contributed by atoms with Gasteiger partial charge in [-0.25, -0.2) is 9.97 Å². The van der Waals surface area contributed by atoms with Crippen LogP contribution < -0.4 is 9.64 Å². The normalized spacial score (nSPS) is 24.2. The number of hydrogen-bond donors (Lipinski definition) is 1. The molecule has 222 valence electrons. The van der Waals surface area contributed by atoms with Gasteiger partial charge in [0, 0.05) is 42.4 Å². The summed E-state index contributed by atoms with van der Waals surface area (Å²) >= 11 is 1.74. The van der Waals surface area contributed by atoms with Gasteiger partial charge in [-0.15, -0.1) is 11.3 Å². The van der Waals surface area contributed by atoms with Crippen molar-refractivity contribution in [3.63, 3.8) is 0 Å². The van der Waals surface area contributed by atoms with E-state index in [2.05, 4.69) is 11.1 Å². The van der Waals surface area contributed by atoms with Gasteiger partial charge in [0.15, 0.2) is 0 Å². The summed E-state index contributed by atoms with van der Waals surface area (Å²) in [6, 6.07) is 8.15. The number of carbonyl (C=O) groups is 2. The highest BCUT2D eigenvalue weighted by molar-refractivity contribution is 7.15. The minimum atomic E-state index is -0.749. The number of methoxy groups -OCH3 is 1. The lowest BCUT2D eigenvalue weighted by Gasteiger charge is -2.35. The number of rotatable bonds is 9. The fourth-order valence-electron chi connectivity index (χ4n) is 6.67. The number of carboxylic acid groups (broad SMARTS) is 1. The molecule has 1 amide bonds. The molecule has 42 heavy (non-hydrogen) atoms. The largest absolute Gasteiger partial charge is 0.495 e. The van der Waals surface area contributed by atoms with Crippen molar-refractivity contribution in [3.8, 4) is 16.2 Å². The number of carbonyl (C=O) groups excluding carboxylic acids is 1. The minimum Gasteiger partial charge on any atom is -0.495 e. The molecule has 3 aromatic heterocycles. The van der Waals surface area contributed by atoms with Crippen LogP contribution in [0.1, 0.15) is 92.4 Å². The molecule has 3 saturated carbocycles. The summed E-state index contributed by atoms with van der Waals surface area (Å²) in [6.45, 7) is 2.62. The number of aromatic nitrogens is 3. The summed E-state index contributed by atoms with van der Waals surface area (Å²) in [4.78, 5) is 42.8. The van der Waals surface area contributed by atoms with Crippen LogP contribution in [0.4, 0.5) is 5.82 Å². The van der Waals surface area contributed by atoms with Gasteiger partial charge in [0.05, 0.1) is 28.6 Å². The maximum atomic E-state index is 14.1. The molecule has 8 nitrogen and oxygen atoms in total. The van der Waals surface area contributed by atoms with E-state index >= 15 is 0 Å². The van der Waals surface area contributed by atoms with Crippen LogP contribution in [-0.2, 0) is 9.59 Å². The van der Waals surface area contributed by atoms with Crippen LogP contribution in [0.25, 0.3) is 10.4 Å². The van der Waals surface area contributed by atoms with Gasteiger partial charge in [-0.05, 0) is 107 Å². The van der Waals surface area contributed by atoms with Crippen molar-refractivity contribution in [2.75, 3.05) is 18.6 Å². The SMILES string of the molecule is COc1ccc(C2CCC(CN(C(=O)C3CCC(C(=O)O)CC3)c3cc(-c4cnc(C5CC5)s4)ccn3)CC2)nc1C. The molecule has 0 unspecified atom stereocenters. The third-order valence-corrected chi connectivity index (χ3v) is 10.6. The van der Waals surface area contributed by atoms with Crippen LogP contribution in [0, 0.1) is 24.7 Å². The Hall–Kier alpha value is -3.33. The third-order valence-electron chi connectivity index (χ3n) is 9.43. The highest BCUT2D eigenvalue weighted by Crippen LogP contribution is 2.44. The Morgan fingerprint density at radius 1 is 0.952 bits per heavy atom. The number of aryl methyl sites for hydroxylation is 1. The first-order valence-corrected chi connectivity index (χ1v) is 16.2. The fourth-order valence-corrected chi connectivity index (χ4v) is 7.76. The highest BCUT2D eigenvalue weighted by atomic mass is 32.1. The number of carboxylic acids is 1. The van der Waals surface area contributed by atoms with Gasteiger partial charge in [-0.3, -0.25) is 19.5 Å². The van der Waals surface area contributed by atoms with Crippen molar-refractivity contribution in [2.45, 2.75) is 83.0 Å². The fraction of sp³-hybridized carbons (Fsp3) is 0.545. The first kappa shape index (κ1) is 28.8. The zero-order chi connectivity index (χ0) is 29.2. The predicted octanol–water partition coefficient (Wildman–Crippen LogP) is 6.99. The van der Waals surface area contributed by atoms with Crippen LogP contribution >= 0.6 is 11.3 Å². The Balaban J connectivity index is 1.19. The van der Waals surface area contributed by atoms with Crippen molar-refractivity contribution < 1.29 is 19.4 Å². The number of nitrogens with zero attached hydrogens (tertiary/aromatic N) is 4. The van der Waals surface area contributed by atoms with Gasteiger partial charge in [-0.2, -0.15) is 0 Å². The number of anilines is 1. The molecule has 3 aliphatic rings. The van der Waals surface area contributed by atoms with Gasteiger partial charge in [0.25, 0.3) is 0 Å². The second kappa shape index (κ2) is 12.5. The molecule has 3 heterocycles. The molecule has 1 N–H and O–H groups in total. The predicted molar refractivity (Wildman–Crippen MR) is 163 cm³/mol. The van der Waals surface area contributed by atoms with E-state index in [1.165, 1.54) is 17.8 Å². The number of ether oxygens (including phenoxy) is 1. The van der Waals surface area contributed by atoms with Crippen LogP contribution in [-0.4, -0.2) is 45.6 Å². The molecule has 0 aromatic carbocycles. The number of aliphatic carboxylic acids is 1. The summed E-state index contributed by atoms with van der Waals surface area (Å²) in [5, 5.41) is 10.7. The van der Waals surface area contributed by atoms with Gasteiger partial charge in [0.2, 0.25) is 5.91 Å². The van der Waals surface area contributed by atoms with E-state index in [-0.39, 0.29) is 17.7 Å². The molecule has 0 aliphatic heterocycles. The Bertz CT molecular complexity index is 1420. The molecule has 3 aromatic rings. The van der Waals surface area contributed by atoms with Gasteiger partial charge in [0.1, 0.15) is 11.6 Å². The molecule has 0 spiro atoms. The lowest BCUT2D eigenvalue weighted by atomic mass is 9.79. The van der Waals surface area contributed by atoms with E-state index in [1.807, 2.05) is 36.2 Å². The lowest BCUT2D eigenvalue weighted by Crippen LogP contribution is -2.42. The van der Waals surface area contributed by atoms with E-state index in [4.69, 9.17) is 14.7 Å². The van der Waals surface area contributed by atoms with Gasteiger partial charge in [-0.1, -0.05) is 0 Å². The summed E-state index contributed by atoms with van der Waals surface area (Å²) in [5.74, 6) is 1.72. The summed E-state index contributed by atoms with van der Waals surface area (Å²) < 4.78 is 5.39. The summed E-state index contributed by atoms with van der Waals surface area (Å²) in [5.41, 5.74) is 3.09. The van der Waals surface area contributed by atoms with Crippen LogP contribution in [0.2, 0.25) is 0 Å². The monoisotopic (exact) mass is 588 g/mol. The Morgan fingerprint density at radius 2 is 1.67 bits per heavy atom. The first-order chi connectivity index (χ1) is 20.4. The molecular formula is C33H40N4O4S. The summed E-state index contributed by atoms with van der Waals surface area (Å²) in [6.07, 6.45) is 12.6. The van der Waals surface area contributed by atoms with Crippen LogP contribution in [0.5, 0.6) is 5.75 Å². The third kappa shape index (κ3) is 6.36. The second-order valence-corrected chi connectivity index (χ2v) is 13.4. The van der Waals surface area contributed by atoms with Gasteiger partial charge < -0.3 is 9.84 Å². The van der Waals surface area contributed by atoms with Crippen LogP contribution in [0.15, 0.2) is 36.7 Å². The van der Waals surface area contributed by atoms with Crippen molar-refractivity contribution in [1.82, 2.24) is 15.0 Å². The van der Waals surface area contributed by atoms with E-state index in [1.54, 1.807) is 24.6 Å². The van der Waals surface area contributed by atoms with E-state index in [9.17, 15) is 14.7 Å². The summed E-state index contributed by atoms with van der Waals surface area (Å²) in [7, 11) is 1.67. The molecule has 0 radical (unpaired) electrons. The number of thiazole rings is 1. The van der Waals surface area contributed by atoms with Crippen molar-refractivity contribution >= 4 is 29.0 Å². The maximum Gasteiger partial charge on any atom is 0.306 e. The molecule has 0 saturated heterocycles. The molecule has 3 aliphatic carbocycles. The maximum absolute atomic E-state index is 14.1. The lowest BCUT2D eigenvalue weighted by molar-refractivity contribution is -0.144. The number of hydrogen-bond acceptors (Lipinski definition) is 7. The molecular weight excluding hydrogens is 548 g/mol. The quantitative estimate of drug-likeness (QED) is 0.287. The zero-order valence-electron chi connectivity index (χ0n) is 24.5. The van der Waals surface area contributed by atoms with Crippen molar-refractivity contribution in [1.29, 1.82) is 0 Å². The number of pyridine rings is 2. The standard InChI is InChI=1S/C33H40N4O4S/c1-20-28(41-2)14-13-27(36-20)22-5-3-21(4-6-22)19-37(32(38)24-9-11-25(12-10-24)33(39)40)30-17-26(15-16-34-30)29-18-35-31(42-29)23-7-8-23/h13-18,21-25H,3-12,19H2,1-2H3,(H,39,40). The zero-order valence-corrected chi connectivity index (χ0v) is 25.3. The molecule has 0 bridgehead atoms. The Kier molecular flexibility index (Phi) is 8.56. The highest BCUT2D eigenvalue weighted by Gasteiger charge is 2.35. The molecule has 6 rings (SSSR count).